The van der Waals surface area contributed by atoms with Gasteiger partial charge in [-0.15, -0.1) is 0 Å². The maximum Gasteiger partial charge on any atom is 0.471 e. The fourth-order valence-electron chi connectivity index (χ4n) is 2.85. The molecule has 27 heavy (non-hydrogen) atoms. The van der Waals surface area contributed by atoms with Gasteiger partial charge in [0.05, 0.1) is 4.90 Å². The van der Waals surface area contributed by atoms with Crippen LogP contribution in [0.1, 0.15) is 16.8 Å². The lowest BCUT2D eigenvalue weighted by Gasteiger charge is -2.29. The van der Waals surface area contributed by atoms with E-state index in [-0.39, 0.29) is 30.2 Å². The third-order valence-corrected chi connectivity index (χ3v) is 5.51. The number of alkyl halides is 3. The van der Waals surface area contributed by atoms with Crippen molar-refractivity contribution in [3.8, 4) is 0 Å². The average molecular weight is 399 g/mol. The van der Waals surface area contributed by atoms with E-state index in [4.69, 9.17) is 0 Å². The average Bonchev–Trinajstić information content (AvgIpc) is 2.59. The number of hydrogen-bond donors (Lipinski definition) is 1. The van der Waals surface area contributed by atoms with E-state index in [9.17, 15) is 26.4 Å². The summed E-state index contributed by atoms with van der Waals surface area (Å²) in [5, 5.41) is 0. The topological polar surface area (TPSA) is 79.4 Å². The van der Waals surface area contributed by atoms with E-state index < -0.39 is 22.1 Å². The minimum atomic E-state index is -4.96. The highest BCUT2D eigenvalue weighted by atomic mass is 32.2. The molecule has 1 aliphatic rings. The number of rotatable bonds is 3. The van der Waals surface area contributed by atoms with Crippen molar-refractivity contribution in [3.05, 3.63) is 53.2 Å². The Hall–Kier alpha value is -2.62. The largest absolute Gasteiger partial charge is 0.471 e. The van der Waals surface area contributed by atoms with E-state index in [2.05, 4.69) is 9.71 Å². The standard InChI is InChI=1S/C17H16F3N3O3S/c1-11-3-2-4-15(21-11)22-27(25,26)14-6-5-12-7-8-23(10-13(12)9-14)16(24)17(18,19)20/h2-6,9H,7-8,10H2,1H3,(H,21,22). The van der Waals surface area contributed by atoms with Crippen LogP contribution in [0.25, 0.3) is 0 Å². The first kappa shape index (κ1) is 19.2. The lowest BCUT2D eigenvalue weighted by molar-refractivity contribution is -0.186. The van der Waals surface area contributed by atoms with Gasteiger partial charge in [-0.1, -0.05) is 12.1 Å². The maximum atomic E-state index is 12.6. The van der Waals surface area contributed by atoms with Gasteiger partial charge in [0.1, 0.15) is 5.82 Å². The molecule has 2 heterocycles. The van der Waals surface area contributed by atoms with Crippen LogP contribution in [0.4, 0.5) is 19.0 Å². The van der Waals surface area contributed by atoms with Crippen molar-refractivity contribution in [1.82, 2.24) is 9.88 Å². The number of aryl methyl sites for hydroxylation is 1. The zero-order valence-electron chi connectivity index (χ0n) is 14.2. The smallest absolute Gasteiger partial charge is 0.330 e. The minimum absolute atomic E-state index is 0.0666. The van der Waals surface area contributed by atoms with Gasteiger partial charge in [0, 0.05) is 18.8 Å². The highest BCUT2D eigenvalue weighted by Gasteiger charge is 2.43. The number of hydrogen-bond acceptors (Lipinski definition) is 4. The molecule has 0 aliphatic carbocycles. The van der Waals surface area contributed by atoms with Crippen LogP contribution in [0.5, 0.6) is 0 Å². The fourth-order valence-corrected chi connectivity index (χ4v) is 3.90. The van der Waals surface area contributed by atoms with Crippen LogP contribution in [-0.2, 0) is 27.8 Å². The lowest BCUT2D eigenvalue weighted by Crippen LogP contribution is -2.43. The Morgan fingerprint density at radius 1 is 1.19 bits per heavy atom. The molecule has 0 saturated carbocycles. The van der Waals surface area contributed by atoms with Crippen LogP contribution in [0.2, 0.25) is 0 Å². The molecular formula is C17H16F3N3O3S. The van der Waals surface area contributed by atoms with Gasteiger partial charge in [-0.25, -0.2) is 13.4 Å². The summed E-state index contributed by atoms with van der Waals surface area (Å²) in [7, 11) is -3.97. The zero-order valence-corrected chi connectivity index (χ0v) is 15.1. The van der Waals surface area contributed by atoms with Crippen LogP contribution in [-0.4, -0.2) is 36.9 Å². The van der Waals surface area contributed by atoms with Crippen molar-refractivity contribution in [2.75, 3.05) is 11.3 Å². The molecule has 1 aromatic heterocycles. The number of nitrogens with one attached hydrogen (secondary N) is 1. The van der Waals surface area contributed by atoms with E-state index in [0.717, 1.165) is 0 Å². The van der Waals surface area contributed by atoms with E-state index in [0.29, 0.717) is 21.7 Å². The molecule has 2 aromatic rings. The number of halogens is 3. The number of carbonyl (C=O) groups is 1. The molecule has 1 N–H and O–H groups in total. The van der Waals surface area contributed by atoms with Crippen LogP contribution in [0.3, 0.4) is 0 Å². The number of carbonyl (C=O) groups excluding carboxylic acids is 1. The molecule has 0 spiro atoms. The van der Waals surface area contributed by atoms with E-state index in [1.54, 1.807) is 25.1 Å². The molecule has 0 bridgehead atoms. The molecule has 0 fully saturated rings. The lowest BCUT2D eigenvalue weighted by atomic mass is 10.00. The monoisotopic (exact) mass is 399 g/mol. The zero-order chi connectivity index (χ0) is 19.8. The van der Waals surface area contributed by atoms with Crippen LogP contribution in [0.15, 0.2) is 41.3 Å². The number of anilines is 1. The molecule has 1 aromatic carbocycles. The van der Waals surface area contributed by atoms with Crippen LogP contribution in [0, 0.1) is 6.92 Å². The Labute approximate surface area is 154 Å². The summed E-state index contributed by atoms with van der Waals surface area (Å²) in [4.78, 5) is 16.1. The number of sulfonamides is 1. The van der Waals surface area contributed by atoms with Gasteiger partial charge in [-0.05, 0) is 48.7 Å². The first-order valence-electron chi connectivity index (χ1n) is 8.01. The van der Waals surface area contributed by atoms with Gasteiger partial charge in [0.25, 0.3) is 10.0 Å². The van der Waals surface area contributed by atoms with Gasteiger partial charge < -0.3 is 4.90 Å². The molecule has 0 saturated heterocycles. The van der Waals surface area contributed by atoms with Crippen molar-refractivity contribution in [3.63, 3.8) is 0 Å². The summed E-state index contributed by atoms with van der Waals surface area (Å²) < 4.78 is 65.4. The second-order valence-corrected chi connectivity index (χ2v) is 7.86. The Balaban J connectivity index is 1.86. The minimum Gasteiger partial charge on any atom is -0.330 e. The summed E-state index contributed by atoms with van der Waals surface area (Å²) in [5.41, 5.74) is 1.72. The first-order valence-corrected chi connectivity index (χ1v) is 9.49. The number of nitrogens with zero attached hydrogens (tertiary/aromatic N) is 2. The fraction of sp³-hybridized carbons (Fsp3) is 0.294. The van der Waals surface area contributed by atoms with E-state index in [1.165, 1.54) is 18.2 Å². The summed E-state index contributed by atoms with van der Waals surface area (Å²) in [5.74, 6) is -1.79. The molecule has 3 rings (SSSR count). The highest BCUT2D eigenvalue weighted by Crippen LogP contribution is 2.27. The summed E-state index contributed by atoms with van der Waals surface area (Å²) in [6.07, 6.45) is -4.73. The molecule has 10 heteroatoms. The van der Waals surface area contributed by atoms with Crippen LogP contribution < -0.4 is 4.72 Å². The molecule has 0 radical (unpaired) electrons. The molecular weight excluding hydrogens is 383 g/mol. The predicted octanol–water partition coefficient (Wildman–Crippen LogP) is 2.64. The van der Waals surface area contributed by atoms with Gasteiger partial charge in [0.15, 0.2) is 0 Å². The summed E-state index contributed by atoms with van der Waals surface area (Å²) in [6, 6.07) is 9.09. The Kier molecular flexibility index (Phi) is 4.85. The summed E-state index contributed by atoms with van der Waals surface area (Å²) >= 11 is 0. The summed E-state index contributed by atoms with van der Waals surface area (Å²) in [6.45, 7) is 1.35. The molecule has 1 amide bonds. The number of amides is 1. The van der Waals surface area contributed by atoms with Crippen molar-refractivity contribution >= 4 is 21.7 Å². The molecule has 0 unspecified atom stereocenters. The SMILES string of the molecule is Cc1cccc(NS(=O)(=O)c2ccc3c(c2)CN(C(=O)C(F)(F)F)CC3)n1. The van der Waals surface area contributed by atoms with Crippen molar-refractivity contribution in [2.45, 2.75) is 31.0 Å². The van der Waals surface area contributed by atoms with Crippen molar-refractivity contribution in [1.29, 1.82) is 0 Å². The number of pyridine rings is 1. The molecule has 144 valence electrons. The highest BCUT2D eigenvalue weighted by molar-refractivity contribution is 7.92. The van der Waals surface area contributed by atoms with Gasteiger partial charge >= 0.3 is 12.1 Å². The van der Waals surface area contributed by atoms with Crippen molar-refractivity contribution < 1.29 is 26.4 Å². The Morgan fingerprint density at radius 3 is 2.59 bits per heavy atom. The van der Waals surface area contributed by atoms with Gasteiger partial charge in [-0.2, -0.15) is 13.2 Å². The Morgan fingerprint density at radius 2 is 1.93 bits per heavy atom. The number of benzene rings is 1. The molecule has 0 atom stereocenters. The van der Waals surface area contributed by atoms with Gasteiger partial charge in [-0.3, -0.25) is 9.52 Å². The Bertz CT molecular complexity index is 990. The number of aromatic nitrogens is 1. The molecule has 1 aliphatic heterocycles. The van der Waals surface area contributed by atoms with Gasteiger partial charge in [0.2, 0.25) is 0 Å². The van der Waals surface area contributed by atoms with E-state index in [1.807, 2.05) is 0 Å². The third-order valence-electron chi connectivity index (χ3n) is 4.16. The quantitative estimate of drug-likeness (QED) is 0.861. The molecule has 6 nitrogen and oxygen atoms in total. The predicted molar refractivity (Wildman–Crippen MR) is 91.4 cm³/mol. The second-order valence-electron chi connectivity index (χ2n) is 6.17. The van der Waals surface area contributed by atoms with Crippen LogP contribution >= 0.6 is 0 Å². The normalized spacial score (nSPS) is 14.6. The maximum absolute atomic E-state index is 12.6. The van der Waals surface area contributed by atoms with E-state index >= 15 is 0 Å². The van der Waals surface area contributed by atoms with Crippen molar-refractivity contribution in [2.24, 2.45) is 0 Å². The first-order chi connectivity index (χ1) is 12.6. The number of fused-ring (bicyclic) bond motifs is 1. The third kappa shape index (κ3) is 4.21. The second kappa shape index (κ2) is 6.84.